The average Bonchev–Trinajstić information content (AvgIpc) is 2.81. The van der Waals surface area contributed by atoms with Crippen LogP contribution >= 0.6 is 0 Å². The van der Waals surface area contributed by atoms with Crippen LogP contribution in [0.15, 0.2) is 54.6 Å². The fraction of sp³-hybridized carbons (Fsp3) is 0.440. The van der Waals surface area contributed by atoms with E-state index in [0.29, 0.717) is 37.4 Å². The molecule has 0 saturated heterocycles. The Morgan fingerprint density at radius 2 is 1.68 bits per heavy atom. The molecular weight excluding hydrogens is 454 g/mol. The lowest BCUT2D eigenvalue weighted by Gasteiger charge is -2.31. The number of anilines is 1. The van der Waals surface area contributed by atoms with Gasteiger partial charge in [0.2, 0.25) is 21.8 Å². The highest BCUT2D eigenvalue weighted by molar-refractivity contribution is 7.92. The number of nitrogens with one attached hydrogen (secondary N) is 1. The molecule has 0 radical (unpaired) electrons. The van der Waals surface area contributed by atoms with Crippen molar-refractivity contribution in [1.82, 2.24) is 10.2 Å². The van der Waals surface area contributed by atoms with Gasteiger partial charge in [-0.3, -0.25) is 13.9 Å². The minimum absolute atomic E-state index is 0.116. The fourth-order valence-corrected chi connectivity index (χ4v) is 4.71. The van der Waals surface area contributed by atoms with Gasteiger partial charge in [0.05, 0.1) is 19.1 Å². The lowest BCUT2D eigenvalue weighted by molar-refractivity contribution is -0.141. The predicted molar refractivity (Wildman–Crippen MR) is 134 cm³/mol. The molecule has 2 rings (SSSR count). The van der Waals surface area contributed by atoms with E-state index in [2.05, 4.69) is 5.32 Å². The van der Waals surface area contributed by atoms with Crippen LogP contribution in [-0.4, -0.2) is 57.6 Å². The van der Waals surface area contributed by atoms with Crippen molar-refractivity contribution in [3.8, 4) is 5.75 Å². The maximum atomic E-state index is 13.3. The van der Waals surface area contributed by atoms with Crippen LogP contribution < -0.4 is 14.4 Å². The number of hydrogen-bond acceptors (Lipinski definition) is 5. The molecule has 2 amide bonds. The molecule has 2 aromatic rings. The van der Waals surface area contributed by atoms with E-state index in [1.54, 1.807) is 36.3 Å². The summed E-state index contributed by atoms with van der Waals surface area (Å²) >= 11 is 0. The Labute approximate surface area is 202 Å². The maximum Gasteiger partial charge on any atom is 0.242 e. The first kappa shape index (κ1) is 27.2. The highest BCUT2D eigenvalue weighted by atomic mass is 32.2. The number of carbonyl (C=O) groups is 2. The molecule has 0 aromatic heterocycles. The first-order valence-electron chi connectivity index (χ1n) is 11.4. The number of nitrogens with zero attached hydrogens (tertiary/aromatic N) is 2. The molecule has 0 aliphatic heterocycles. The van der Waals surface area contributed by atoms with Crippen LogP contribution in [-0.2, 0) is 26.2 Å². The number of carbonyl (C=O) groups excluding carboxylic acids is 2. The zero-order chi connectivity index (χ0) is 25.1. The fourth-order valence-electron chi connectivity index (χ4n) is 3.74. The second-order valence-corrected chi connectivity index (χ2v) is 9.87. The summed E-state index contributed by atoms with van der Waals surface area (Å²) in [6.45, 7) is 4.65. The average molecular weight is 490 g/mol. The largest absolute Gasteiger partial charge is 0.497 e. The van der Waals surface area contributed by atoms with E-state index in [0.717, 1.165) is 11.8 Å². The van der Waals surface area contributed by atoms with E-state index < -0.39 is 16.1 Å². The van der Waals surface area contributed by atoms with Gasteiger partial charge in [0.25, 0.3) is 0 Å². The van der Waals surface area contributed by atoms with Crippen LogP contribution in [0.25, 0.3) is 0 Å². The molecule has 0 unspecified atom stereocenters. The number of rotatable bonds is 13. The van der Waals surface area contributed by atoms with Gasteiger partial charge >= 0.3 is 0 Å². The Hall–Kier alpha value is -3.07. The molecule has 0 bridgehead atoms. The number of methoxy groups -OCH3 is 1. The van der Waals surface area contributed by atoms with Gasteiger partial charge in [0.1, 0.15) is 11.8 Å². The number of hydrogen-bond donors (Lipinski definition) is 1. The van der Waals surface area contributed by atoms with E-state index >= 15 is 0 Å². The van der Waals surface area contributed by atoms with E-state index in [4.69, 9.17) is 4.74 Å². The van der Waals surface area contributed by atoms with Gasteiger partial charge in [-0.1, -0.05) is 37.3 Å². The molecule has 0 fully saturated rings. The van der Waals surface area contributed by atoms with Gasteiger partial charge in [-0.2, -0.15) is 0 Å². The number of ether oxygens (including phenoxy) is 1. The minimum Gasteiger partial charge on any atom is -0.497 e. The van der Waals surface area contributed by atoms with Crippen LogP contribution in [0.5, 0.6) is 5.75 Å². The van der Waals surface area contributed by atoms with Crippen molar-refractivity contribution in [2.45, 2.75) is 45.7 Å². The van der Waals surface area contributed by atoms with Crippen molar-refractivity contribution in [2.24, 2.45) is 0 Å². The minimum atomic E-state index is -3.54. The quantitative estimate of drug-likeness (QED) is 0.466. The van der Waals surface area contributed by atoms with Crippen molar-refractivity contribution >= 4 is 27.5 Å². The van der Waals surface area contributed by atoms with Crippen molar-refractivity contribution in [3.63, 3.8) is 0 Å². The smallest absolute Gasteiger partial charge is 0.242 e. The third-order valence-electron chi connectivity index (χ3n) is 5.45. The Morgan fingerprint density at radius 3 is 2.21 bits per heavy atom. The van der Waals surface area contributed by atoms with E-state index in [-0.39, 0.29) is 24.8 Å². The highest BCUT2D eigenvalue weighted by Gasteiger charge is 2.28. The molecule has 186 valence electrons. The number of likely N-dealkylation sites (N-methyl/N-ethyl adjacent to an activating group) is 1. The first-order chi connectivity index (χ1) is 16.2. The molecule has 0 heterocycles. The van der Waals surface area contributed by atoms with Crippen LogP contribution in [0.2, 0.25) is 0 Å². The lowest BCUT2D eigenvalue weighted by Crippen LogP contribution is -2.49. The number of amides is 2. The molecule has 1 atom stereocenters. The summed E-state index contributed by atoms with van der Waals surface area (Å²) in [6.07, 6.45) is 2.05. The van der Waals surface area contributed by atoms with Crippen LogP contribution in [0.1, 0.15) is 38.7 Å². The Kier molecular flexibility index (Phi) is 10.4. The predicted octanol–water partition coefficient (Wildman–Crippen LogP) is 3.18. The SMILES string of the molecule is CCNC(=O)[C@H](CC)N(Cc1ccccc1)C(=O)CCCN(c1ccc(OC)cc1)S(C)(=O)=O. The van der Waals surface area contributed by atoms with Crippen molar-refractivity contribution < 1.29 is 22.7 Å². The van der Waals surface area contributed by atoms with E-state index in [1.807, 2.05) is 44.2 Å². The van der Waals surface area contributed by atoms with E-state index in [1.165, 1.54) is 4.31 Å². The van der Waals surface area contributed by atoms with Gasteiger partial charge in [0.15, 0.2) is 0 Å². The van der Waals surface area contributed by atoms with Crippen molar-refractivity contribution in [2.75, 3.05) is 30.8 Å². The number of benzene rings is 2. The van der Waals surface area contributed by atoms with Crippen LogP contribution in [0.3, 0.4) is 0 Å². The van der Waals surface area contributed by atoms with Gasteiger partial charge in [-0.05, 0) is 49.6 Å². The monoisotopic (exact) mass is 489 g/mol. The van der Waals surface area contributed by atoms with Gasteiger partial charge in [-0.25, -0.2) is 8.42 Å². The maximum absolute atomic E-state index is 13.3. The zero-order valence-electron chi connectivity index (χ0n) is 20.4. The summed E-state index contributed by atoms with van der Waals surface area (Å²) in [5.41, 5.74) is 1.43. The van der Waals surface area contributed by atoms with Crippen LogP contribution in [0, 0.1) is 0 Å². The molecule has 0 spiro atoms. The first-order valence-corrected chi connectivity index (χ1v) is 13.3. The van der Waals surface area contributed by atoms with Gasteiger partial charge in [0, 0.05) is 26.1 Å². The van der Waals surface area contributed by atoms with Crippen molar-refractivity contribution in [1.29, 1.82) is 0 Å². The summed E-state index contributed by atoms with van der Waals surface area (Å²) in [7, 11) is -2.00. The Balaban J connectivity index is 2.16. The third-order valence-corrected chi connectivity index (χ3v) is 6.64. The number of sulfonamides is 1. The van der Waals surface area contributed by atoms with Crippen LogP contribution in [0.4, 0.5) is 5.69 Å². The molecule has 9 heteroatoms. The Morgan fingerprint density at radius 1 is 1.03 bits per heavy atom. The summed E-state index contributed by atoms with van der Waals surface area (Å²) < 4.78 is 31.2. The zero-order valence-corrected chi connectivity index (χ0v) is 21.2. The molecule has 34 heavy (non-hydrogen) atoms. The molecule has 2 aromatic carbocycles. The van der Waals surface area contributed by atoms with E-state index in [9.17, 15) is 18.0 Å². The molecular formula is C25H35N3O5S. The summed E-state index contributed by atoms with van der Waals surface area (Å²) in [5, 5.41) is 2.81. The second-order valence-electron chi connectivity index (χ2n) is 7.96. The third kappa shape index (κ3) is 7.76. The Bertz CT molecular complexity index is 1030. The summed E-state index contributed by atoms with van der Waals surface area (Å²) in [4.78, 5) is 27.5. The summed E-state index contributed by atoms with van der Waals surface area (Å²) in [5.74, 6) is 0.246. The molecule has 0 saturated carbocycles. The topological polar surface area (TPSA) is 96.0 Å². The lowest BCUT2D eigenvalue weighted by atomic mass is 10.1. The molecule has 1 N–H and O–H groups in total. The molecule has 0 aliphatic carbocycles. The standard InChI is InChI=1S/C25H35N3O5S/c1-5-23(25(30)26-6-2)27(19-20-11-8-7-9-12-20)24(29)13-10-18-28(34(4,31)32)21-14-16-22(33-3)17-15-21/h7-9,11-12,14-17,23H,5-6,10,13,18-19H2,1-4H3,(H,26,30)/t23-/m0/s1. The normalized spacial score (nSPS) is 12.0. The highest BCUT2D eigenvalue weighted by Crippen LogP contribution is 2.22. The van der Waals surface area contributed by atoms with Gasteiger partial charge in [-0.15, -0.1) is 0 Å². The van der Waals surface area contributed by atoms with Crippen molar-refractivity contribution in [3.05, 3.63) is 60.2 Å². The second kappa shape index (κ2) is 13.0. The van der Waals surface area contributed by atoms with Gasteiger partial charge < -0.3 is 15.0 Å². The molecule has 0 aliphatic rings. The molecule has 8 nitrogen and oxygen atoms in total. The summed E-state index contributed by atoms with van der Waals surface area (Å²) in [6, 6.07) is 15.7.